The van der Waals surface area contributed by atoms with Crippen LogP contribution in [0.2, 0.25) is 0 Å². The van der Waals surface area contributed by atoms with Crippen molar-refractivity contribution in [2.75, 3.05) is 5.88 Å². The summed E-state index contributed by atoms with van der Waals surface area (Å²) in [5, 5.41) is 0. The first-order valence-electron chi connectivity index (χ1n) is 8.19. The fraction of sp³-hybridized carbons (Fsp3) is 0.611. The molecule has 1 aromatic heterocycles. The Bertz CT molecular complexity index is 609. The molecule has 0 bridgehead atoms. The molecule has 3 heteroatoms. The van der Waals surface area contributed by atoms with Crippen molar-refractivity contribution >= 4 is 22.6 Å². The lowest BCUT2D eigenvalue weighted by molar-refractivity contribution is 0.265. The molecule has 1 aliphatic carbocycles. The predicted molar refractivity (Wildman–Crippen MR) is 90.0 cm³/mol. The minimum atomic E-state index is 0.643. The molecule has 2 aromatic rings. The SMILES string of the molecule is Cc1ccc2nc(CCCl)n(CC3CCC(C)CC3)c2c1. The fourth-order valence-corrected chi connectivity index (χ4v) is 3.70. The summed E-state index contributed by atoms with van der Waals surface area (Å²) in [5.41, 5.74) is 3.71. The number of benzene rings is 1. The molecular weight excluding hydrogens is 280 g/mol. The zero-order chi connectivity index (χ0) is 14.8. The van der Waals surface area contributed by atoms with Gasteiger partial charge in [0.25, 0.3) is 0 Å². The normalized spacial score (nSPS) is 22.8. The van der Waals surface area contributed by atoms with E-state index in [1.54, 1.807) is 0 Å². The summed E-state index contributed by atoms with van der Waals surface area (Å²) in [6.45, 7) is 5.64. The van der Waals surface area contributed by atoms with Gasteiger partial charge in [-0.05, 0) is 49.3 Å². The first kappa shape index (κ1) is 14.9. The molecule has 0 aliphatic heterocycles. The molecule has 0 N–H and O–H groups in total. The van der Waals surface area contributed by atoms with Crippen LogP contribution in [0.5, 0.6) is 0 Å². The summed E-state index contributed by atoms with van der Waals surface area (Å²) in [6, 6.07) is 6.56. The third-order valence-corrected chi connectivity index (χ3v) is 5.07. The maximum absolute atomic E-state index is 5.98. The van der Waals surface area contributed by atoms with Crippen LogP contribution in [0.15, 0.2) is 18.2 Å². The number of rotatable bonds is 4. The van der Waals surface area contributed by atoms with Crippen LogP contribution in [0.1, 0.15) is 44.0 Å². The highest BCUT2D eigenvalue weighted by molar-refractivity contribution is 6.17. The Labute approximate surface area is 132 Å². The largest absolute Gasteiger partial charge is 0.328 e. The van der Waals surface area contributed by atoms with Crippen LogP contribution in [-0.4, -0.2) is 15.4 Å². The Balaban J connectivity index is 1.91. The first-order chi connectivity index (χ1) is 10.2. The summed E-state index contributed by atoms with van der Waals surface area (Å²) in [5.74, 6) is 3.51. The van der Waals surface area contributed by atoms with E-state index in [1.807, 2.05) is 0 Å². The van der Waals surface area contributed by atoms with E-state index < -0.39 is 0 Å². The van der Waals surface area contributed by atoms with Gasteiger partial charge in [0.1, 0.15) is 5.82 Å². The minimum Gasteiger partial charge on any atom is -0.328 e. The highest BCUT2D eigenvalue weighted by Crippen LogP contribution is 2.31. The van der Waals surface area contributed by atoms with Gasteiger partial charge >= 0.3 is 0 Å². The molecule has 0 saturated heterocycles. The fourth-order valence-electron chi connectivity index (χ4n) is 3.53. The van der Waals surface area contributed by atoms with E-state index in [1.165, 1.54) is 36.8 Å². The van der Waals surface area contributed by atoms with Gasteiger partial charge in [-0.2, -0.15) is 0 Å². The number of nitrogens with zero attached hydrogens (tertiary/aromatic N) is 2. The van der Waals surface area contributed by atoms with Crippen molar-refractivity contribution in [1.82, 2.24) is 9.55 Å². The van der Waals surface area contributed by atoms with Crippen LogP contribution in [-0.2, 0) is 13.0 Å². The van der Waals surface area contributed by atoms with Crippen LogP contribution in [0, 0.1) is 18.8 Å². The number of hydrogen-bond donors (Lipinski definition) is 0. The van der Waals surface area contributed by atoms with Gasteiger partial charge in [-0.3, -0.25) is 0 Å². The summed E-state index contributed by atoms with van der Waals surface area (Å²) >= 11 is 5.98. The lowest BCUT2D eigenvalue weighted by Crippen LogP contribution is -2.19. The van der Waals surface area contributed by atoms with Crippen molar-refractivity contribution < 1.29 is 0 Å². The van der Waals surface area contributed by atoms with Crippen molar-refractivity contribution in [1.29, 1.82) is 0 Å². The van der Waals surface area contributed by atoms with E-state index in [4.69, 9.17) is 16.6 Å². The van der Waals surface area contributed by atoms with Gasteiger partial charge in [-0.15, -0.1) is 11.6 Å². The number of fused-ring (bicyclic) bond motifs is 1. The van der Waals surface area contributed by atoms with Crippen molar-refractivity contribution in [2.45, 2.75) is 52.5 Å². The summed E-state index contributed by atoms with van der Waals surface area (Å²) < 4.78 is 2.44. The molecule has 0 spiro atoms. The minimum absolute atomic E-state index is 0.643. The van der Waals surface area contributed by atoms with E-state index in [-0.39, 0.29) is 0 Å². The third kappa shape index (κ3) is 3.26. The number of alkyl halides is 1. The van der Waals surface area contributed by atoms with Crippen molar-refractivity contribution in [3.05, 3.63) is 29.6 Å². The van der Waals surface area contributed by atoms with E-state index in [9.17, 15) is 0 Å². The number of halogens is 1. The van der Waals surface area contributed by atoms with Crippen molar-refractivity contribution in [2.24, 2.45) is 11.8 Å². The molecule has 21 heavy (non-hydrogen) atoms. The molecule has 1 aliphatic rings. The predicted octanol–water partition coefficient (Wildman–Crippen LogP) is 4.95. The number of imidazole rings is 1. The quantitative estimate of drug-likeness (QED) is 0.731. The van der Waals surface area contributed by atoms with Gasteiger partial charge in [0.2, 0.25) is 0 Å². The molecule has 2 nitrogen and oxygen atoms in total. The van der Waals surface area contributed by atoms with E-state index >= 15 is 0 Å². The molecular formula is C18H25ClN2. The molecule has 114 valence electrons. The van der Waals surface area contributed by atoms with Crippen molar-refractivity contribution in [3.8, 4) is 0 Å². The maximum Gasteiger partial charge on any atom is 0.111 e. The second-order valence-electron chi connectivity index (χ2n) is 6.70. The molecule has 0 amide bonds. The molecule has 0 atom stereocenters. The Morgan fingerprint density at radius 3 is 2.71 bits per heavy atom. The summed E-state index contributed by atoms with van der Waals surface area (Å²) in [6.07, 6.45) is 6.32. The van der Waals surface area contributed by atoms with Gasteiger partial charge < -0.3 is 4.57 Å². The Morgan fingerprint density at radius 1 is 1.24 bits per heavy atom. The Morgan fingerprint density at radius 2 is 2.00 bits per heavy atom. The summed E-state index contributed by atoms with van der Waals surface area (Å²) in [7, 11) is 0. The second kappa shape index (κ2) is 6.39. The van der Waals surface area contributed by atoms with Crippen LogP contribution in [0.3, 0.4) is 0 Å². The lowest BCUT2D eigenvalue weighted by atomic mass is 9.83. The van der Waals surface area contributed by atoms with Gasteiger partial charge in [-0.25, -0.2) is 4.98 Å². The topological polar surface area (TPSA) is 17.8 Å². The van der Waals surface area contributed by atoms with Crippen molar-refractivity contribution in [3.63, 3.8) is 0 Å². The number of aryl methyl sites for hydroxylation is 2. The van der Waals surface area contributed by atoms with Gasteiger partial charge in [0.15, 0.2) is 0 Å². The van der Waals surface area contributed by atoms with Crippen LogP contribution < -0.4 is 0 Å². The lowest BCUT2D eigenvalue weighted by Gasteiger charge is -2.27. The van der Waals surface area contributed by atoms with E-state index in [0.29, 0.717) is 5.88 Å². The average Bonchev–Trinajstić information content (AvgIpc) is 2.79. The zero-order valence-corrected chi connectivity index (χ0v) is 13.9. The van der Waals surface area contributed by atoms with Gasteiger partial charge in [-0.1, -0.05) is 25.8 Å². The summed E-state index contributed by atoms with van der Waals surface area (Å²) in [4.78, 5) is 4.80. The Kier molecular flexibility index (Phi) is 4.54. The molecule has 1 fully saturated rings. The van der Waals surface area contributed by atoms with Gasteiger partial charge in [0.05, 0.1) is 11.0 Å². The van der Waals surface area contributed by atoms with E-state index in [2.05, 4.69) is 36.6 Å². The molecule has 1 saturated carbocycles. The molecule has 0 unspecified atom stereocenters. The molecule has 3 rings (SSSR count). The standard InChI is InChI=1S/C18H25ClN2/c1-13-3-6-15(7-4-13)12-21-17-11-14(2)5-8-16(17)20-18(21)9-10-19/h5,8,11,13,15H,3-4,6-7,9-10,12H2,1-2H3. The third-order valence-electron chi connectivity index (χ3n) is 4.88. The number of aromatic nitrogens is 2. The molecule has 1 aromatic carbocycles. The number of hydrogen-bond acceptors (Lipinski definition) is 1. The average molecular weight is 305 g/mol. The van der Waals surface area contributed by atoms with Crippen LogP contribution in [0.25, 0.3) is 11.0 Å². The Hall–Kier alpha value is -1.02. The highest BCUT2D eigenvalue weighted by atomic mass is 35.5. The van der Waals surface area contributed by atoms with Crippen LogP contribution >= 0.6 is 11.6 Å². The smallest absolute Gasteiger partial charge is 0.111 e. The maximum atomic E-state index is 5.98. The monoisotopic (exact) mass is 304 g/mol. The highest BCUT2D eigenvalue weighted by Gasteiger charge is 2.21. The van der Waals surface area contributed by atoms with Gasteiger partial charge in [0, 0.05) is 18.8 Å². The molecule has 0 radical (unpaired) electrons. The first-order valence-corrected chi connectivity index (χ1v) is 8.72. The van der Waals surface area contributed by atoms with E-state index in [0.717, 1.165) is 36.1 Å². The zero-order valence-electron chi connectivity index (χ0n) is 13.1. The second-order valence-corrected chi connectivity index (χ2v) is 7.07. The molecule has 1 heterocycles. The van der Waals surface area contributed by atoms with Crippen LogP contribution in [0.4, 0.5) is 0 Å².